The largest absolute Gasteiger partial charge is 0.392 e. The van der Waals surface area contributed by atoms with Crippen LogP contribution in [-0.4, -0.2) is 19.6 Å². The average molecular weight is 122 g/mol. The van der Waals surface area contributed by atoms with E-state index in [2.05, 4.69) is 6.08 Å². The molecule has 0 aromatic carbocycles. The molecule has 2 heteroatoms. The zero-order chi connectivity index (χ0) is 6.69. The molecule has 1 aliphatic rings. The SMILES string of the molecule is [B]C1CCC=C(CO)C1. The van der Waals surface area contributed by atoms with Crippen LogP contribution in [0.15, 0.2) is 11.6 Å². The predicted molar refractivity (Wildman–Crippen MR) is 38.5 cm³/mol. The highest BCUT2D eigenvalue weighted by molar-refractivity contribution is 6.11. The summed E-state index contributed by atoms with van der Waals surface area (Å²) in [4.78, 5) is 0. The quantitative estimate of drug-likeness (QED) is 0.407. The average Bonchev–Trinajstić information content (AvgIpc) is 1.88. The van der Waals surface area contributed by atoms with E-state index in [0.717, 1.165) is 24.8 Å². The smallest absolute Gasteiger partial charge is 0.0704 e. The fourth-order valence-corrected chi connectivity index (χ4v) is 1.15. The second-order valence-electron chi connectivity index (χ2n) is 2.56. The van der Waals surface area contributed by atoms with Crippen molar-refractivity contribution in [3.8, 4) is 0 Å². The molecule has 0 saturated carbocycles. The molecule has 0 bridgehead atoms. The molecule has 1 N–H and O–H groups in total. The molecule has 0 saturated heterocycles. The van der Waals surface area contributed by atoms with Crippen molar-refractivity contribution in [1.82, 2.24) is 0 Å². The van der Waals surface area contributed by atoms with Gasteiger partial charge in [-0.2, -0.15) is 0 Å². The Labute approximate surface area is 57.2 Å². The molecule has 0 amide bonds. The summed E-state index contributed by atoms with van der Waals surface area (Å²) in [7, 11) is 5.65. The van der Waals surface area contributed by atoms with Gasteiger partial charge in [0.05, 0.1) is 14.5 Å². The molecular weight excluding hydrogens is 111 g/mol. The van der Waals surface area contributed by atoms with E-state index in [0.29, 0.717) is 0 Å². The minimum Gasteiger partial charge on any atom is -0.392 e. The second-order valence-corrected chi connectivity index (χ2v) is 2.56. The van der Waals surface area contributed by atoms with Crippen LogP contribution in [-0.2, 0) is 0 Å². The van der Waals surface area contributed by atoms with Crippen LogP contribution < -0.4 is 0 Å². The van der Waals surface area contributed by atoms with Gasteiger partial charge in [0.25, 0.3) is 0 Å². The van der Waals surface area contributed by atoms with Gasteiger partial charge in [0.2, 0.25) is 0 Å². The fourth-order valence-electron chi connectivity index (χ4n) is 1.15. The number of allylic oxidation sites excluding steroid dienone is 1. The molecule has 48 valence electrons. The van der Waals surface area contributed by atoms with Crippen LogP contribution >= 0.6 is 0 Å². The van der Waals surface area contributed by atoms with E-state index in [1.807, 2.05) is 0 Å². The maximum atomic E-state index is 8.68. The lowest BCUT2D eigenvalue weighted by Crippen LogP contribution is -2.03. The molecule has 1 rings (SSSR count). The van der Waals surface area contributed by atoms with Gasteiger partial charge in [-0.1, -0.05) is 18.3 Å². The third-order valence-electron chi connectivity index (χ3n) is 1.70. The number of aliphatic hydroxyl groups is 1. The summed E-state index contributed by atoms with van der Waals surface area (Å²) < 4.78 is 0. The van der Waals surface area contributed by atoms with Crippen molar-refractivity contribution >= 4 is 7.85 Å². The minimum absolute atomic E-state index is 0.188. The van der Waals surface area contributed by atoms with Crippen LogP contribution in [0, 0.1) is 0 Å². The Hall–Kier alpha value is -0.235. The summed E-state index contributed by atoms with van der Waals surface area (Å²) in [5, 5.41) is 8.68. The normalized spacial score (nSPS) is 27.7. The van der Waals surface area contributed by atoms with Gasteiger partial charge in [-0.3, -0.25) is 0 Å². The van der Waals surface area contributed by atoms with Gasteiger partial charge in [0.15, 0.2) is 0 Å². The van der Waals surface area contributed by atoms with Crippen LogP contribution in [0.3, 0.4) is 0 Å². The van der Waals surface area contributed by atoms with Crippen molar-refractivity contribution in [2.45, 2.75) is 25.1 Å². The van der Waals surface area contributed by atoms with Crippen molar-refractivity contribution in [3.63, 3.8) is 0 Å². The zero-order valence-corrected chi connectivity index (χ0v) is 5.51. The first-order valence-corrected chi connectivity index (χ1v) is 3.37. The molecular formula is C7H11BO. The Bertz CT molecular complexity index is 120. The Morgan fingerprint density at radius 3 is 3.00 bits per heavy atom. The summed E-state index contributed by atoms with van der Waals surface area (Å²) >= 11 is 0. The lowest BCUT2D eigenvalue weighted by Gasteiger charge is -2.17. The van der Waals surface area contributed by atoms with E-state index in [-0.39, 0.29) is 12.4 Å². The highest BCUT2D eigenvalue weighted by Crippen LogP contribution is 2.25. The Balaban J connectivity index is 2.43. The van der Waals surface area contributed by atoms with Gasteiger partial charge in [0.1, 0.15) is 0 Å². The summed E-state index contributed by atoms with van der Waals surface area (Å²) in [6.45, 7) is 0.188. The maximum absolute atomic E-state index is 8.68. The molecule has 9 heavy (non-hydrogen) atoms. The number of aliphatic hydroxyl groups excluding tert-OH is 1. The van der Waals surface area contributed by atoms with Crippen LogP contribution in [0.5, 0.6) is 0 Å². The van der Waals surface area contributed by atoms with Crippen molar-refractivity contribution in [3.05, 3.63) is 11.6 Å². The first-order valence-electron chi connectivity index (χ1n) is 3.37. The number of rotatable bonds is 1. The fraction of sp³-hybridized carbons (Fsp3) is 0.714. The van der Waals surface area contributed by atoms with Gasteiger partial charge < -0.3 is 5.11 Å². The van der Waals surface area contributed by atoms with Crippen molar-refractivity contribution in [2.75, 3.05) is 6.61 Å². The molecule has 0 spiro atoms. The van der Waals surface area contributed by atoms with E-state index < -0.39 is 0 Å². The molecule has 1 aliphatic carbocycles. The number of hydrogen-bond donors (Lipinski definition) is 1. The predicted octanol–water partition coefficient (Wildman–Crippen LogP) is 1.05. The summed E-state index contributed by atoms with van der Waals surface area (Å²) in [6.07, 6.45) is 5.08. The van der Waals surface area contributed by atoms with Gasteiger partial charge >= 0.3 is 0 Å². The molecule has 2 radical (unpaired) electrons. The van der Waals surface area contributed by atoms with Crippen LogP contribution in [0.4, 0.5) is 0 Å². The van der Waals surface area contributed by atoms with Gasteiger partial charge in [-0.15, -0.1) is 0 Å². The highest BCUT2D eigenvalue weighted by atomic mass is 16.3. The Morgan fingerprint density at radius 2 is 2.56 bits per heavy atom. The first-order chi connectivity index (χ1) is 4.33. The topological polar surface area (TPSA) is 20.2 Å². The zero-order valence-electron chi connectivity index (χ0n) is 5.51. The molecule has 1 atom stereocenters. The van der Waals surface area contributed by atoms with Crippen molar-refractivity contribution in [2.24, 2.45) is 0 Å². The molecule has 1 nitrogen and oxygen atoms in total. The third kappa shape index (κ3) is 1.86. The summed E-state index contributed by atoms with van der Waals surface area (Å²) in [5.41, 5.74) is 1.11. The van der Waals surface area contributed by atoms with Crippen LogP contribution in [0.2, 0.25) is 5.82 Å². The number of hydrogen-bond acceptors (Lipinski definition) is 1. The van der Waals surface area contributed by atoms with Crippen LogP contribution in [0.25, 0.3) is 0 Å². The third-order valence-corrected chi connectivity index (χ3v) is 1.70. The minimum atomic E-state index is 0.188. The highest BCUT2D eigenvalue weighted by Gasteiger charge is 2.08. The second kappa shape index (κ2) is 3.07. The van der Waals surface area contributed by atoms with Gasteiger partial charge in [-0.05, 0) is 18.4 Å². The van der Waals surface area contributed by atoms with Crippen LogP contribution in [0.1, 0.15) is 19.3 Å². The van der Waals surface area contributed by atoms with Crippen molar-refractivity contribution < 1.29 is 5.11 Å². The molecule has 0 heterocycles. The van der Waals surface area contributed by atoms with E-state index >= 15 is 0 Å². The Morgan fingerprint density at radius 1 is 1.78 bits per heavy atom. The molecule has 0 aliphatic heterocycles. The molecule has 0 aromatic heterocycles. The molecule has 1 unspecified atom stereocenters. The van der Waals surface area contributed by atoms with Crippen molar-refractivity contribution in [1.29, 1.82) is 0 Å². The Kier molecular flexibility index (Phi) is 2.34. The van der Waals surface area contributed by atoms with E-state index in [1.54, 1.807) is 0 Å². The lowest BCUT2D eigenvalue weighted by atomic mass is 9.75. The summed E-state index contributed by atoms with van der Waals surface area (Å²) in [6, 6.07) is 0. The standard InChI is InChI=1S/C7H11BO/c8-7-3-1-2-6(4-7)5-9/h2,7,9H,1,3-5H2. The van der Waals surface area contributed by atoms with Gasteiger partial charge in [-0.25, -0.2) is 0 Å². The molecule has 0 aromatic rings. The monoisotopic (exact) mass is 122 g/mol. The van der Waals surface area contributed by atoms with E-state index in [1.165, 1.54) is 0 Å². The van der Waals surface area contributed by atoms with Gasteiger partial charge in [0, 0.05) is 0 Å². The summed E-state index contributed by atoms with van der Waals surface area (Å²) in [5.74, 6) is 0.289. The van der Waals surface area contributed by atoms with E-state index in [4.69, 9.17) is 13.0 Å². The maximum Gasteiger partial charge on any atom is 0.0704 e. The van der Waals surface area contributed by atoms with E-state index in [9.17, 15) is 0 Å². The first kappa shape index (κ1) is 6.88. The molecule has 0 fully saturated rings. The lowest BCUT2D eigenvalue weighted by molar-refractivity contribution is 0.323.